The number of hydrogen-bond donors (Lipinski definition) is 1. The standard InChI is InChI=1S/C6H8BBrN2/c8-6-5-9-7-3-1-2-4-10(6)7/h1-4,6,9H,5H2. The van der Waals surface area contributed by atoms with Crippen molar-refractivity contribution in [2.24, 2.45) is 0 Å². The molecular weight excluding hydrogens is 191 g/mol. The summed E-state index contributed by atoms with van der Waals surface area (Å²) in [6.07, 6.45) is 6.22. The zero-order valence-electron chi connectivity index (χ0n) is 5.50. The Morgan fingerprint density at radius 2 is 2.50 bits per heavy atom. The minimum absolute atomic E-state index is 0.411. The van der Waals surface area contributed by atoms with Gasteiger partial charge in [-0.25, -0.2) is 0 Å². The number of alkyl halides is 1. The molecule has 0 aromatic heterocycles. The largest absolute Gasteiger partial charge is 0.391 e. The summed E-state index contributed by atoms with van der Waals surface area (Å²) in [7, 11) is 0. The van der Waals surface area contributed by atoms with Gasteiger partial charge in [0.2, 0.25) is 0 Å². The van der Waals surface area contributed by atoms with Gasteiger partial charge in [0.25, 0.3) is 0 Å². The number of nitrogens with zero attached hydrogens (tertiary/aromatic N) is 1. The summed E-state index contributed by atoms with van der Waals surface area (Å²) in [4.78, 5) is 2.71. The molecule has 2 rings (SSSR count). The molecule has 2 nitrogen and oxygen atoms in total. The van der Waals surface area contributed by atoms with Gasteiger partial charge in [0, 0.05) is 6.54 Å². The minimum atomic E-state index is 0.411. The average Bonchev–Trinajstić information content (AvgIpc) is 2.34. The van der Waals surface area contributed by atoms with Crippen molar-refractivity contribution in [2.75, 3.05) is 6.54 Å². The van der Waals surface area contributed by atoms with Gasteiger partial charge in [-0.2, -0.15) is 0 Å². The van der Waals surface area contributed by atoms with Crippen LogP contribution in [-0.4, -0.2) is 23.3 Å². The Labute approximate surface area is 69.2 Å². The number of fused-ring (bicyclic) bond motifs is 1. The van der Waals surface area contributed by atoms with Crippen LogP contribution in [0.1, 0.15) is 0 Å². The predicted octanol–water partition coefficient (Wildman–Crippen LogP) is 0.724. The molecule has 0 radical (unpaired) electrons. The summed E-state index contributed by atoms with van der Waals surface area (Å²) in [5.41, 5.74) is 0. The lowest BCUT2D eigenvalue weighted by Gasteiger charge is -2.21. The Kier molecular flexibility index (Phi) is 1.58. The number of hydrogen-bond acceptors (Lipinski definition) is 2. The average molecular weight is 199 g/mol. The molecule has 0 aromatic carbocycles. The van der Waals surface area contributed by atoms with E-state index in [1.807, 2.05) is 0 Å². The number of nitrogens with one attached hydrogen (secondary N) is 1. The van der Waals surface area contributed by atoms with E-state index in [0.717, 1.165) is 6.54 Å². The maximum atomic E-state index is 3.56. The van der Waals surface area contributed by atoms with Crippen LogP contribution in [0.2, 0.25) is 0 Å². The normalized spacial score (nSPS) is 29.5. The van der Waals surface area contributed by atoms with Crippen LogP contribution in [0.15, 0.2) is 24.3 Å². The van der Waals surface area contributed by atoms with Gasteiger partial charge in [-0.1, -0.05) is 28.0 Å². The van der Waals surface area contributed by atoms with Crippen molar-refractivity contribution in [1.82, 2.24) is 10.0 Å². The maximum Gasteiger partial charge on any atom is 0.368 e. The molecule has 0 spiro atoms. The van der Waals surface area contributed by atoms with Crippen molar-refractivity contribution in [3.05, 3.63) is 24.3 Å². The highest BCUT2D eigenvalue weighted by Crippen LogP contribution is 2.17. The molecule has 2 aliphatic heterocycles. The third kappa shape index (κ3) is 0.916. The molecule has 0 aliphatic carbocycles. The van der Waals surface area contributed by atoms with Crippen LogP contribution in [0.25, 0.3) is 0 Å². The van der Waals surface area contributed by atoms with Gasteiger partial charge in [-0.05, 0) is 12.3 Å². The lowest BCUT2D eigenvalue weighted by atomic mass is 9.75. The molecule has 10 heavy (non-hydrogen) atoms. The highest BCUT2D eigenvalue weighted by molar-refractivity contribution is 9.09. The molecule has 0 aromatic rings. The van der Waals surface area contributed by atoms with Gasteiger partial charge in [-0.15, -0.1) is 0 Å². The van der Waals surface area contributed by atoms with E-state index in [1.54, 1.807) is 0 Å². The monoisotopic (exact) mass is 198 g/mol. The molecule has 1 fully saturated rings. The third-order valence-electron chi connectivity index (χ3n) is 1.80. The second-order valence-electron chi connectivity index (χ2n) is 2.46. The summed E-state index contributed by atoms with van der Waals surface area (Å²) >= 11 is 3.56. The van der Waals surface area contributed by atoms with Crippen LogP contribution in [-0.2, 0) is 0 Å². The number of allylic oxidation sites excluding steroid dienone is 2. The van der Waals surface area contributed by atoms with Crippen LogP contribution in [0.3, 0.4) is 0 Å². The highest BCUT2D eigenvalue weighted by atomic mass is 79.9. The first kappa shape index (κ1) is 6.49. The van der Waals surface area contributed by atoms with Gasteiger partial charge in [0.1, 0.15) is 0 Å². The number of rotatable bonds is 0. The van der Waals surface area contributed by atoms with E-state index >= 15 is 0 Å². The van der Waals surface area contributed by atoms with Gasteiger partial charge in [0.15, 0.2) is 0 Å². The Hall–Kier alpha value is -0.215. The molecular formula is C6H8BBrN2. The molecule has 1 saturated heterocycles. The van der Waals surface area contributed by atoms with E-state index in [9.17, 15) is 0 Å². The molecule has 2 aliphatic rings. The Morgan fingerprint density at radius 3 is 3.30 bits per heavy atom. The summed E-state index contributed by atoms with van der Waals surface area (Å²) in [5.74, 6) is 2.15. The van der Waals surface area contributed by atoms with Crippen molar-refractivity contribution in [2.45, 2.75) is 4.95 Å². The molecule has 0 amide bonds. The molecule has 52 valence electrons. The Morgan fingerprint density at radius 1 is 1.60 bits per heavy atom. The van der Waals surface area contributed by atoms with E-state index in [1.165, 1.54) is 0 Å². The lowest BCUT2D eigenvalue weighted by Crippen LogP contribution is -2.38. The fraction of sp³-hybridized carbons (Fsp3) is 0.333. The zero-order valence-corrected chi connectivity index (χ0v) is 7.08. The highest BCUT2D eigenvalue weighted by Gasteiger charge is 2.31. The molecule has 4 heteroatoms. The van der Waals surface area contributed by atoms with Crippen molar-refractivity contribution in [3.8, 4) is 0 Å². The van der Waals surface area contributed by atoms with E-state index < -0.39 is 0 Å². The van der Waals surface area contributed by atoms with E-state index in [2.05, 4.69) is 50.3 Å². The summed E-state index contributed by atoms with van der Waals surface area (Å²) in [6, 6.07) is 0. The van der Waals surface area contributed by atoms with E-state index in [4.69, 9.17) is 0 Å². The predicted molar refractivity (Wildman–Crippen MR) is 46.6 cm³/mol. The summed E-state index contributed by atoms with van der Waals surface area (Å²) in [5, 5.41) is 3.35. The van der Waals surface area contributed by atoms with Crippen LogP contribution in [0.4, 0.5) is 0 Å². The topological polar surface area (TPSA) is 15.3 Å². The van der Waals surface area contributed by atoms with Crippen LogP contribution in [0.5, 0.6) is 0 Å². The second kappa shape index (κ2) is 2.44. The molecule has 2 heterocycles. The van der Waals surface area contributed by atoms with Gasteiger partial charge >= 0.3 is 6.98 Å². The maximum absolute atomic E-state index is 3.56. The quantitative estimate of drug-likeness (QED) is 0.351. The summed E-state index contributed by atoms with van der Waals surface area (Å²) in [6.45, 7) is 1.42. The third-order valence-corrected chi connectivity index (χ3v) is 2.60. The van der Waals surface area contributed by atoms with Gasteiger partial charge in [-0.3, -0.25) is 0 Å². The first-order chi connectivity index (χ1) is 4.88. The molecule has 1 atom stereocenters. The minimum Gasteiger partial charge on any atom is -0.391 e. The molecule has 1 N–H and O–H groups in total. The molecule has 1 unspecified atom stereocenters. The first-order valence-electron chi connectivity index (χ1n) is 3.38. The number of halogens is 1. The van der Waals surface area contributed by atoms with E-state index in [-0.39, 0.29) is 0 Å². The van der Waals surface area contributed by atoms with Crippen LogP contribution < -0.4 is 5.23 Å². The van der Waals surface area contributed by atoms with Crippen molar-refractivity contribution >= 4 is 22.9 Å². The van der Waals surface area contributed by atoms with Crippen LogP contribution >= 0.6 is 15.9 Å². The van der Waals surface area contributed by atoms with Gasteiger partial charge in [0.05, 0.1) is 4.95 Å². The fourth-order valence-electron chi connectivity index (χ4n) is 1.28. The zero-order chi connectivity index (χ0) is 6.97. The summed E-state index contributed by atoms with van der Waals surface area (Å²) < 4.78 is 0. The Bertz CT molecular complexity index is 192. The first-order valence-corrected chi connectivity index (χ1v) is 4.29. The van der Waals surface area contributed by atoms with Crippen molar-refractivity contribution in [3.63, 3.8) is 0 Å². The Balaban J connectivity index is 2.19. The molecule has 0 saturated carbocycles. The van der Waals surface area contributed by atoms with Crippen molar-refractivity contribution < 1.29 is 0 Å². The van der Waals surface area contributed by atoms with Crippen LogP contribution in [0, 0.1) is 0 Å². The van der Waals surface area contributed by atoms with E-state index in [0.29, 0.717) is 11.9 Å². The fourth-order valence-corrected chi connectivity index (χ4v) is 1.85. The second-order valence-corrected chi connectivity index (χ2v) is 3.52. The SMILES string of the molecule is BrC1CNB2C=CC=CN21. The lowest BCUT2D eigenvalue weighted by molar-refractivity contribution is 0.601. The van der Waals surface area contributed by atoms with Crippen molar-refractivity contribution in [1.29, 1.82) is 0 Å². The van der Waals surface area contributed by atoms with Gasteiger partial charge < -0.3 is 10.0 Å². The smallest absolute Gasteiger partial charge is 0.368 e. The molecule has 0 bridgehead atoms.